The Morgan fingerprint density at radius 3 is 2.33 bits per heavy atom. The Hall–Kier alpha value is -3.15. The lowest BCUT2D eigenvalue weighted by atomic mass is 9.52. The zero-order chi connectivity index (χ0) is 29.1. The molecule has 11 nitrogen and oxygen atoms in total. The molecule has 0 heterocycles. The molecule has 0 spiro atoms. The normalized spacial score (nSPS) is 30.3. The van der Waals surface area contributed by atoms with Crippen LogP contribution in [-0.4, -0.2) is 90.5 Å². The van der Waals surface area contributed by atoms with Crippen molar-refractivity contribution in [3.63, 3.8) is 0 Å². The third-order valence-electron chi connectivity index (χ3n) is 8.47. The summed E-state index contributed by atoms with van der Waals surface area (Å²) >= 11 is 0. The average molecular weight is 543 g/mol. The van der Waals surface area contributed by atoms with Crippen molar-refractivity contribution < 1.29 is 34.2 Å². The van der Waals surface area contributed by atoms with Crippen molar-refractivity contribution in [2.45, 2.75) is 44.9 Å². The van der Waals surface area contributed by atoms with E-state index in [0.717, 1.165) is 5.69 Å². The summed E-state index contributed by atoms with van der Waals surface area (Å²) in [4.78, 5) is 70.0. The van der Waals surface area contributed by atoms with Gasteiger partial charge < -0.3 is 26.2 Å². The summed E-state index contributed by atoms with van der Waals surface area (Å²) in [6.45, 7) is 5.08. The molecule has 2 fully saturated rings. The molecule has 39 heavy (non-hydrogen) atoms. The number of carbonyl (C=O) groups excluding carboxylic acids is 5. The number of phenolic OH excluding ortho intramolecular Hbond substituents is 1. The molecular weight excluding hydrogens is 504 g/mol. The number of likely N-dealkylation sites (N-methyl/N-ethyl adjacent to an activating group) is 1. The Balaban J connectivity index is 1.84. The molecule has 4 rings (SSSR count). The van der Waals surface area contributed by atoms with Gasteiger partial charge >= 0.3 is 0 Å². The Labute approximate surface area is 227 Å². The lowest BCUT2D eigenvalue weighted by Crippen LogP contribution is -2.74. The molecule has 212 valence electrons. The Bertz CT molecular complexity index is 1260. The molecule has 0 saturated heterocycles. The number of benzene rings is 1. The van der Waals surface area contributed by atoms with Crippen molar-refractivity contribution in [1.82, 2.24) is 10.2 Å². The molecule has 0 radical (unpaired) electrons. The van der Waals surface area contributed by atoms with E-state index in [-0.39, 0.29) is 24.2 Å². The van der Waals surface area contributed by atoms with Crippen LogP contribution in [0.3, 0.4) is 0 Å². The first-order valence-electron chi connectivity index (χ1n) is 13.2. The number of aromatic hydroxyl groups is 1. The van der Waals surface area contributed by atoms with Gasteiger partial charge in [0.1, 0.15) is 5.75 Å². The number of anilines is 1. The molecule has 0 aromatic heterocycles. The fourth-order valence-electron chi connectivity index (χ4n) is 6.74. The van der Waals surface area contributed by atoms with Crippen LogP contribution in [0.5, 0.6) is 5.75 Å². The van der Waals surface area contributed by atoms with Crippen LogP contribution in [0, 0.1) is 29.6 Å². The SMILES string of the molecule is CC(C)CNCc1cc(N(C)C)c2c(c1O)C(=O)C1C(=O)[C@]3(O)C(=O)C(C(N)=O)C(=O)C(N(C)C)[C@@H]3C[C@@H]1C2. The lowest BCUT2D eigenvalue weighted by Gasteiger charge is -2.52. The number of hydrogen-bond acceptors (Lipinski definition) is 10. The number of aliphatic hydroxyl groups is 1. The van der Waals surface area contributed by atoms with E-state index in [9.17, 15) is 34.2 Å². The van der Waals surface area contributed by atoms with Crippen molar-refractivity contribution >= 4 is 34.7 Å². The number of rotatable bonds is 7. The molecular formula is C28H38N4O7. The van der Waals surface area contributed by atoms with Crippen molar-refractivity contribution in [1.29, 1.82) is 0 Å². The number of nitrogens with two attached hydrogens (primary N) is 1. The summed E-state index contributed by atoms with van der Waals surface area (Å²) in [7, 11) is 6.77. The average Bonchev–Trinajstić information content (AvgIpc) is 2.81. The van der Waals surface area contributed by atoms with E-state index in [4.69, 9.17) is 5.73 Å². The Morgan fingerprint density at radius 1 is 1.15 bits per heavy atom. The van der Waals surface area contributed by atoms with Gasteiger partial charge in [-0.15, -0.1) is 0 Å². The van der Waals surface area contributed by atoms with Gasteiger partial charge in [-0.25, -0.2) is 0 Å². The van der Waals surface area contributed by atoms with E-state index in [1.165, 1.54) is 4.90 Å². The van der Waals surface area contributed by atoms with Crippen molar-refractivity contribution in [2.24, 2.45) is 35.3 Å². The van der Waals surface area contributed by atoms with E-state index in [1.807, 2.05) is 38.9 Å². The van der Waals surface area contributed by atoms with Crippen LogP contribution < -0.4 is 16.0 Å². The highest BCUT2D eigenvalue weighted by molar-refractivity contribution is 6.32. The van der Waals surface area contributed by atoms with Crippen molar-refractivity contribution in [3.8, 4) is 5.75 Å². The number of nitrogens with one attached hydrogen (secondary N) is 1. The number of nitrogens with zero attached hydrogens (tertiary/aromatic N) is 2. The van der Waals surface area contributed by atoms with E-state index in [0.29, 0.717) is 30.1 Å². The zero-order valence-corrected chi connectivity index (χ0v) is 23.3. The van der Waals surface area contributed by atoms with Gasteiger partial charge in [0.2, 0.25) is 5.91 Å². The van der Waals surface area contributed by atoms with Gasteiger partial charge in [0.05, 0.1) is 17.5 Å². The largest absolute Gasteiger partial charge is 0.507 e. The molecule has 5 N–H and O–H groups in total. The molecule has 6 atom stereocenters. The number of Topliss-reactive ketones (excluding diaryl/α,β-unsaturated/α-hetero) is 4. The second kappa shape index (κ2) is 10.1. The maximum absolute atomic E-state index is 14.0. The second-order valence-corrected chi connectivity index (χ2v) is 12.0. The summed E-state index contributed by atoms with van der Waals surface area (Å²) < 4.78 is 0. The third-order valence-corrected chi connectivity index (χ3v) is 8.47. The number of primary amides is 1. The lowest BCUT2D eigenvalue weighted by molar-refractivity contribution is -0.181. The second-order valence-electron chi connectivity index (χ2n) is 12.0. The number of fused-ring (bicyclic) bond motifs is 3. The Morgan fingerprint density at radius 2 is 1.79 bits per heavy atom. The van der Waals surface area contributed by atoms with Gasteiger partial charge in [-0.05, 0) is 56.9 Å². The molecule has 3 aliphatic rings. The monoisotopic (exact) mass is 542 g/mol. The van der Waals surface area contributed by atoms with Crippen LogP contribution in [0.15, 0.2) is 6.07 Å². The number of ketones is 4. The van der Waals surface area contributed by atoms with Crippen LogP contribution in [-0.2, 0) is 32.1 Å². The fraction of sp³-hybridized carbons (Fsp3) is 0.607. The van der Waals surface area contributed by atoms with E-state index in [1.54, 1.807) is 14.1 Å². The number of carbonyl (C=O) groups is 5. The van der Waals surface area contributed by atoms with Gasteiger partial charge in [0, 0.05) is 37.8 Å². The fourth-order valence-corrected chi connectivity index (χ4v) is 6.74. The minimum absolute atomic E-state index is 0.00847. The Kier molecular flexibility index (Phi) is 7.48. The van der Waals surface area contributed by atoms with E-state index < -0.39 is 64.4 Å². The highest BCUT2D eigenvalue weighted by Gasteiger charge is 2.69. The number of phenols is 1. The molecule has 3 aliphatic carbocycles. The maximum Gasteiger partial charge on any atom is 0.235 e. The van der Waals surface area contributed by atoms with Gasteiger partial charge in [0.15, 0.2) is 34.7 Å². The summed E-state index contributed by atoms with van der Waals surface area (Å²) in [5.41, 5.74) is 4.44. The molecule has 11 heteroatoms. The van der Waals surface area contributed by atoms with Crippen LogP contribution >= 0.6 is 0 Å². The van der Waals surface area contributed by atoms with Crippen molar-refractivity contribution in [3.05, 3.63) is 22.8 Å². The molecule has 0 bridgehead atoms. The maximum atomic E-state index is 14.0. The summed E-state index contributed by atoms with van der Waals surface area (Å²) in [5, 5.41) is 26.2. The third kappa shape index (κ3) is 4.36. The topological polar surface area (TPSA) is 170 Å². The van der Waals surface area contributed by atoms with Crippen LogP contribution in [0.4, 0.5) is 5.69 Å². The van der Waals surface area contributed by atoms with Crippen LogP contribution in [0.25, 0.3) is 0 Å². The first kappa shape index (κ1) is 28.8. The smallest absolute Gasteiger partial charge is 0.235 e. The highest BCUT2D eigenvalue weighted by atomic mass is 16.3. The predicted octanol–water partition coefficient (Wildman–Crippen LogP) is -0.321. The van der Waals surface area contributed by atoms with E-state index >= 15 is 0 Å². The summed E-state index contributed by atoms with van der Waals surface area (Å²) in [5.74, 6) is -10.0. The first-order valence-corrected chi connectivity index (χ1v) is 13.2. The summed E-state index contributed by atoms with van der Waals surface area (Å²) in [6, 6.07) is 0.701. The van der Waals surface area contributed by atoms with Crippen molar-refractivity contribution in [2.75, 3.05) is 39.6 Å². The molecule has 0 aliphatic heterocycles. The quantitative estimate of drug-likeness (QED) is 0.335. The van der Waals surface area contributed by atoms with Crippen LogP contribution in [0.1, 0.15) is 41.8 Å². The molecule has 3 unspecified atom stereocenters. The van der Waals surface area contributed by atoms with Gasteiger partial charge in [-0.1, -0.05) is 13.8 Å². The number of hydrogen-bond donors (Lipinski definition) is 4. The molecule has 1 aromatic carbocycles. The molecule has 1 amide bonds. The van der Waals surface area contributed by atoms with Gasteiger partial charge in [-0.3, -0.25) is 28.9 Å². The minimum Gasteiger partial charge on any atom is -0.507 e. The minimum atomic E-state index is -2.73. The van der Waals surface area contributed by atoms with Gasteiger partial charge in [0.25, 0.3) is 0 Å². The predicted molar refractivity (Wildman–Crippen MR) is 142 cm³/mol. The first-order chi connectivity index (χ1) is 18.1. The molecule has 2 saturated carbocycles. The van der Waals surface area contributed by atoms with Gasteiger partial charge in [-0.2, -0.15) is 0 Å². The van der Waals surface area contributed by atoms with Crippen LogP contribution in [0.2, 0.25) is 0 Å². The van der Waals surface area contributed by atoms with E-state index in [2.05, 4.69) is 5.32 Å². The highest BCUT2D eigenvalue weighted by Crippen LogP contribution is 2.52. The summed E-state index contributed by atoms with van der Waals surface area (Å²) in [6.07, 6.45) is 0.252. The standard InChI is InChI=1S/C28H38N4O7/c1-12(2)10-30-11-14-9-17(31(3)4)15-7-13-8-16-21(32(5)6)24(35)20(27(29)38)26(37)28(16,39)25(36)18(13)23(34)19(15)22(14)33/h9,12-13,16,18,20-21,30,33,39H,7-8,10-11H2,1-6H3,(H2,29,38)/t13-,16-,18?,20?,21?,28-/m0/s1. The number of amides is 1. The zero-order valence-electron chi connectivity index (χ0n) is 23.3. The molecule has 1 aromatic rings.